The number of nitrogens with one attached hydrogen (secondary N) is 2. The van der Waals surface area contributed by atoms with Crippen LogP contribution in [0.15, 0.2) is 38.6 Å². The van der Waals surface area contributed by atoms with E-state index in [0.717, 1.165) is 37.2 Å². The molecule has 2 rings (SSSR count). The first-order valence-electron chi connectivity index (χ1n) is 9.24. The number of piperidine rings is 1. The molecule has 0 amide bonds. The van der Waals surface area contributed by atoms with Crippen molar-refractivity contribution >= 4 is 55.7 Å². The van der Waals surface area contributed by atoms with Gasteiger partial charge >= 0.3 is 0 Å². The first-order valence-corrected chi connectivity index (χ1v) is 11.7. The van der Waals surface area contributed by atoms with Gasteiger partial charge in [-0.25, -0.2) is 8.42 Å². The molecule has 1 saturated heterocycles. The van der Waals surface area contributed by atoms with E-state index in [1.165, 1.54) is 19.3 Å². The van der Waals surface area contributed by atoms with Crippen LogP contribution in [0.4, 0.5) is 0 Å². The molecular formula is C18H30BrIN4O2S. The van der Waals surface area contributed by atoms with E-state index < -0.39 is 9.84 Å². The van der Waals surface area contributed by atoms with Gasteiger partial charge in [0.2, 0.25) is 0 Å². The largest absolute Gasteiger partial charge is 0.357 e. The molecule has 154 valence electrons. The second-order valence-corrected chi connectivity index (χ2v) is 9.39. The second-order valence-electron chi connectivity index (χ2n) is 6.36. The highest BCUT2D eigenvalue weighted by molar-refractivity contribution is 14.0. The predicted molar refractivity (Wildman–Crippen MR) is 126 cm³/mol. The van der Waals surface area contributed by atoms with Crippen LogP contribution in [0, 0.1) is 0 Å². The predicted octanol–water partition coefficient (Wildman–Crippen LogP) is 2.88. The van der Waals surface area contributed by atoms with Gasteiger partial charge in [0.25, 0.3) is 0 Å². The molecule has 0 spiro atoms. The summed E-state index contributed by atoms with van der Waals surface area (Å²) in [6.45, 7) is 7.06. The molecule has 1 aliphatic rings. The van der Waals surface area contributed by atoms with Crippen LogP contribution in [-0.4, -0.2) is 64.3 Å². The molecule has 1 aromatic rings. The molecule has 0 aromatic heterocycles. The summed E-state index contributed by atoms with van der Waals surface area (Å²) in [5, 5.41) is 6.30. The number of hydrogen-bond acceptors (Lipinski definition) is 4. The minimum absolute atomic E-state index is 0. The normalized spacial score (nSPS) is 15.9. The Morgan fingerprint density at radius 3 is 2.44 bits per heavy atom. The van der Waals surface area contributed by atoms with Crippen molar-refractivity contribution in [1.82, 2.24) is 15.5 Å². The number of benzene rings is 1. The van der Waals surface area contributed by atoms with Crippen molar-refractivity contribution in [3.8, 4) is 0 Å². The van der Waals surface area contributed by atoms with Gasteiger partial charge in [-0.1, -0.05) is 22.4 Å². The molecule has 0 radical (unpaired) electrons. The Hall–Kier alpha value is -0.390. The summed E-state index contributed by atoms with van der Waals surface area (Å²) in [6, 6.07) is 6.73. The van der Waals surface area contributed by atoms with Crippen LogP contribution in [0.2, 0.25) is 0 Å². The van der Waals surface area contributed by atoms with Gasteiger partial charge in [-0.05, 0) is 57.1 Å². The van der Waals surface area contributed by atoms with E-state index in [0.29, 0.717) is 17.4 Å². The molecule has 1 fully saturated rings. The van der Waals surface area contributed by atoms with E-state index in [4.69, 9.17) is 0 Å². The summed E-state index contributed by atoms with van der Waals surface area (Å²) in [6.07, 6.45) is 3.88. The lowest BCUT2D eigenvalue weighted by Gasteiger charge is -2.25. The van der Waals surface area contributed by atoms with Gasteiger partial charge in [-0.2, -0.15) is 0 Å². The topological polar surface area (TPSA) is 73.8 Å². The zero-order chi connectivity index (χ0) is 18.8. The molecule has 6 nitrogen and oxygen atoms in total. The average Bonchev–Trinajstić information content (AvgIpc) is 2.63. The van der Waals surface area contributed by atoms with Gasteiger partial charge in [0.1, 0.15) is 0 Å². The Bertz CT molecular complexity index is 677. The summed E-state index contributed by atoms with van der Waals surface area (Å²) < 4.78 is 25.6. The van der Waals surface area contributed by atoms with Crippen LogP contribution in [0.3, 0.4) is 0 Å². The highest BCUT2D eigenvalue weighted by Crippen LogP contribution is 2.15. The molecule has 0 unspecified atom stereocenters. The maximum atomic E-state index is 12.4. The van der Waals surface area contributed by atoms with E-state index in [-0.39, 0.29) is 29.7 Å². The maximum Gasteiger partial charge on any atom is 0.191 e. The summed E-state index contributed by atoms with van der Waals surface area (Å²) in [5.74, 6) is 0.709. The molecule has 0 saturated carbocycles. The van der Waals surface area contributed by atoms with Gasteiger partial charge in [0.15, 0.2) is 15.8 Å². The van der Waals surface area contributed by atoms with Crippen molar-refractivity contribution in [3.63, 3.8) is 0 Å². The Morgan fingerprint density at radius 1 is 1.15 bits per heavy atom. The zero-order valence-electron chi connectivity index (χ0n) is 15.8. The van der Waals surface area contributed by atoms with Crippen LogP contribution >= 0.6 is 39.9 Å². The fraction of sp³-hybridized carbons (Fsp3) is 0.611. The molecule has 0 atom stereocenters. The molecule has 2 N–H and O–H groups in total. The fourth-order valence-corrected chi connectivity index (χ4v) is 4.31. The van der Waals surface area contributed by atoms with Crippen molar-refractivity contribution in [3.05, 3.63) is 28.7 Å². The number of rotatable bonds is 8. The maximum absolute atomic E-state index is 12.4. The van der Waals surface area contributed by atoms with Crippen molar-refractivity contribution in [2.24, 2.45) is 4.99 Å². The SMILES string of the molecule is CCNC(=NCCN1CCCCC1)NCCS(=O)(=O)c1ccc(Br)cc1.I. The number of sulfone groups is 1. The quantitative estimate of drug-likeness (QED) is 0.285. The smallest absolute Gasteiger partial charge is 0.191 e. The van der Waals surface area contributed by atoms with Crippen molar-refractivity contribution < 1.29 is 8.42 Å². The van der Waals surface area contributed by atoms with Crippen LogP contribution in [0.25, 0.3) is 0 Å². The van der Waals surface area contributed by atoms with Gasteiger partial charge in [0.05, 0.1) is 17.2 Å². The molecule has 9 heteroatoms. The number of hydrogen-bond donors (Lipinski definition) is 2. The minimum Gasteiger partial charge on any atom is -0.357 e. The minimum atomic E-state index is -3.30. The third-order valence-electron chi connectivity index (χ3n) is 4.32. The van der Waals surface area contributed by atoms with E-state index in [9.17, 15) is 8.42 Å². The Morgan fingerprint density at radius 2 is 1.81 bits per heavy atom. The number of guanidine groups is 1. The Kier molecular flexibility index (Phi) is 11.8. The van der Waals surface area contributed by atoms with Crippen molar-refractivity contribution in [1.29, 1.82) is 0 Å². The third-order valence-corrected chi connectivity index (χ3v) is 6.58. The first kappa shape index (κ1) is 24.6. The highest BCUT2D eigenvalue weighted by atomic mass is 127. The van der Waals surface area contributed by atoms with Gasteiger partial charge in [0, 0.05) is 24.1 Å². The van der Waals surface area contributed by atoms with Crippen LogP contribution < -0.4 is 10.6 Å². The lowest BCUT2D eigenvalue weighted by atomic mass is 10.1. The van der Waals surface area contributed by atoms with E-state index in [1.807, 2.05) is 6.92 Å². The molecule has 1 aromatic carbocycles. The van der Waals surface area contributed by atoms with E-state index in [1.54, 1.807) is 24.3 Å². The van der Waals surface area contributed by atoms with Crippen LogP contribution in [0.1, 0.15) is 26.2 Å². The first-order chi connectivity index (χ1) is 12.5. The zero-order valence-corrected chi connectivity index (χ0v) is 20.5. The standard InChI is InChI=1S/C18H29BrN4O2S.HI/c1-2-20-18(21-10-14-23-12-4-3-5-13-23)22-11-15-26(24,25)17-8-6-16(19)7-9-17;/h6-9H,2-5,10-15H2,1H3,(H2,20,21,22);1H. The van der Waals surface area contributed by atoms with Gasteiger partial charge in [-0.15, -0.1) is 24.0 Å². The molecule has 1 aliphatic heterocycles. The molecule has 0 bridgehead atoms. The van der Waals surface area contributed by atoms with E-state index >= 15 is 0 Å². The monoisotopic (exact) mass is 572 g/mol. The molecular weight excluding hydrogens is 543 g/mol. The lowest BCUT2D eigenvalue weighted by molar-refractivity contribution is 0.235. The summed E-state index contributed by atoms with van der Waals surface area (Å²) in [5.41, 5.74) is 0. The molecule has 0 aliphatic carbocycles. The number of halogens is 2. The van der Waals surface area contributed by atoms with Crippen molar-refractivity contribution in [2.45, 2.75) is 31.1 Å². The summed E-state index contributed by atoms with van der Waals surface area (Å²) >= 11 is 3.32. The second kappa shape index (κ2) is 12.9. The molecule has 27 heavy (non-hydrogen) atoms. The van der Waals surface area contributed by atoms with Gasteiger partial charge in [-0.3, -0.25) is 4.99 Å². The third kappa shape index (κ3) is 9.10. The Balaban J connectivity index is 0.00000364. The fourth-order valence-electron chi connectivity index (χ4n) is 2.89. The van der Waals surface area contributed by atoms with Gasteiger partial charge < -0.3 is 15.5 Å². The average molecular weight is 573 g/mol. The lowest BCUT2D eigenvalue weighted by Crippen LogP contribution is -2.40. The summed E-state index contributed by atoms with van der Waals surface area (Å²) in [4.78, 5) is 7.34. The summed E-state index contributed by atoms with van der Waals surface area (Å²) in [7, 11) is -3.30. The number of aliphatic imine (C=N–C) groups is 1. The van der Waals surface area contributed by atoms with Crippen LogP contribution in [-0.2, 0) is 9.84 Å². The van der Waals surface area contributed by atoms with E-state index in [2.05, 4.69) is 36.5 Å². The van der Waals surface area contributed by atoms with Crippen molar-refractivity contribution in [2.75, 3.05) is 45.0 Å². The Labute approximate surface area is 188 Å². The highest BCUT2D eigenvalue weighted by Gasteiger charge is 2.14. The number of likely N-dealkylation sites (tertiary alicyclic amines) is 1. The van der Waals surface area contributed by atoms with Crippen LogP contribution in [0.5, 0.6) is 0 Å². The molecule has 1 heterocycles. The number of nitrogens with zero attached hydrogens (tertiary/aromatic N) is 2.